The topological polar surface area (TPSA) is 55.4 Å². The van der Waals surface area contributed by atoms with Gasteiger partial charge < -0.3 is 10.1 Å². The standard InChI is InChI=1S/C19H20ClNO3S/c20-15-7-5-14(6-8-15)19(9-1-2-10-19)18(23)24-13-17(22)21-12-16-4-3-11-25-16/h3-8,11H,1-2,9-10,12-13H2,(H,21,22). The fourth-order valence-corrected chi connectivity index (χ4v) is 4.05. The van der Waals surface area contributed by atoms with E-state index < -0.39 is 5.41 Å². The lowest BCUT2D eigenvalue weighted by Gasteiger charge is -2.27. The summed E-state index contributed by atoms with van der Waals surface area (Å²) >= 11 is 7.53. The lowest BCUT2D eigenvalue weighted by atomic mass is 9.79. The molecular weight excluding hydrogens is 358 g/mol. The average molecular weight is 378 g/mol. The number of nitrogens with one attached hydrogen (secondary N) is 1. The number of thiophene rings is 1. The number of carbonyl (C=O) groups excluding carboxylic acids is 2. The minimum Gasteiger partial charge on any atom is -0.455 e. The van der Waals surface area contributed by atoms with Crippen LogP contribution in [0.1, 0.15) is 36.1 Å². The number of halogens is 1. The Hall–Kier alpha value is -1.85. The molecule has 132 valence electrons. The van der Waals surface area contributed by atoms with E-state index in [0.29, 0.717) is 11.6 Å². The second-order valence-corrected chi connectivity index (χ2v) is 7.70. The summed E-state index contributed by atoms with van der Waals surface area (Å²) in [4.78, 5) is 25.8. The summed E-state index contributed by atoms with van der Waals surface area (Å²) < 4.78 is 5.37. The number of rotatable bonds is 6. The zero-order valence-electron chi connectivity index (χ0n) is 13.8. The third kappa shape index (κ3) is 4.22. The third-order valence-electron chi connectivity index (χ3n) is 4.62. The molecule has 0 aliphatic heterocycles. The van der Waals surface area contributed by atoms with Gasteiger partial charge in [-0.05, 0) is 42.0 Å². The Bertz CT molecular complexity index is 722. The first kappa shape index (κ1) is 18.0. The molecule has 1 amide bonds. The van der Waals surface area contributed by atoms with Crippen LogP contribution in [0.5, 0.6) is 0 Å². The van der Waals surface area contributed by atoms with Gasteiger partial charge in [0.2, 0.25) is 0 Å². The molecule has 1 aliphatic carbocycles. The van der Waals surface area contributed by atoms with Crippen LogP contribution in [0.25, 0.3) is 0 Å². The van der Waals surface area contributed by atoms with Crippen LogP contribution in [0.15, 0.2) is 41.8 Å². The van der Waals surface area contributed by atoms with Crippen molar-refractivity contribution in [1.29, 1.82) is 0 Å². The van der Waals surface area contributed by atoms with Gasteiger partial charge in [-0.1, -0.05) is 42.6 Å². The molecule has 1 fully saturated rings. The first-order chi connectivity index (χ1) is 12.1. The van der Waals surface area contributed by atoms with Gasteiger partial charge in [-0.25, -0.2) is 0 Å². The highest BCUT2D eigenvalue weighted by atomic mass is 35.5. The molecule has 0 radical (unpaired) electrons. The van der Waals surface area contributed by atoms with E-state index in [0.717, 1.165) is 36.1 Å². The van der Waals surface area contributed by atoms with E-state index in [-0.39, 0.29) is 18.5 Å². The fraction of sp³-hybridized carbons (Fsp3) is 0.368. The van der Waals surface area contributed by atoms with Crippen LogP contribution in [-0.2, 0) is 26.3 Å². The van der Waals surface area contributed by atoms with Gasteiger partial charge in [-0.2, -0.15) is 0 Å². The van der Waals surface area contributed by atoms with E-state index in [4.69, 9.17) is 16.3 Å². The van der Waals surface area contributed by atoms with Crippen molar-refractivity contribution >= 4 is 34.8 Å². The van der Waals surface area contributed by atoms with Crippen LogP contribution < -0.4 is 5.32 Å². The highest BCUT2D eigenvalue weighted by Gasteiger charge is 2.44. The lowest BCUT2D eigenvalue weighted by molar-refractivity contribution is -0.154. The normalized spacial score (nSPS) is 15.7. The van der Waals surface area contributed by atoms with Gasteiger partial charge in [-0.15, -0.1) is 11.3 Å². The molecule has 6 heteroatoms. The summed E-state index contributed by atoms with van der Waals surface area (Å²) in [5, 5.41) is 5.36. The first-order valence-electron chi connectivity index (χ1n) is 8.32. The van der Waals surface area contributed by atoms with Crippen molar-refractivity contribution in [3.8, 4) is 0 Å². The smallest absolute Gasteiger partial charge is 0.317 e. The van der Waals surface area contributed by atoms with E-state index in [1.165, 1.54) is 0 Å². The predicted octanol–water partition coefficient (Wildman–Crippen LogP) is 4.07. The van der Waals surface area contributed by atoms with E-state index in [1.54, 1.807) is 23.5 Å². The molecule has 1 aromatic heterocycles. The molecular formula is C19H20ClNO3S. The summed E-state index contributed by atoms with van der Waals surface area (Å²) in [5.41, 5.74) is 0.261. The molecule has 4 nitrogen and oxygen atoms in total. The largest absolute Gasteiger partial charge is 0.455 e. The molecule has 0 saturated heterocycles. The molecule has 2 aromatic rings. The van der Waals surface area contributed by atoms with E-state index >= 15 is 0 Å². The second kappa shape index (κ2) is 8.02. The predicted molar refractivity (Wildman–Crippen MR) is 98.7 cm³/mol. The van der Waals surface area contributed by atoms with Crippen molar-refractivity contribution in [1.82, 2.24) is 5.32 Å². The summed E-state index contributed by atoms with van der Waals surface area (Å²) in [7, 11) is 0. The first-order valence-corrected chi connectivity index (χ1v) is 9.58. The number of benzene rings is 1. The maximum atomic E-state index is 12.8. The van der Waals surface area contributed by atoms with Crippen LogP contribution >= 0.6 is 22.9 Å². The molecule has 1 N–H and O–H groups in total. The van der Waals surface area contributed by atoms with Crippen LogP contribution in [0.2, 0.25) is 5.02 Å². The second-order valence-electron chi connectivity index (χ2n) is 6.23. The Morgan fingerprint density at radius 3 is 2.52 bits per heavy atom. The van der Waals surface area contributed by atoms with E-state index in [2.05, 4.69) is 5.32 Å². The zero-order valence-corrected chi connectivity index (χ0v) is 15.4. The number of hydrogen-bond donors (Lipinski definition) is 1. The number of hydrogen-bond acceptors (Lipinski definition) is 4. The van der Waals surface area contributed by atoms with Gasteiger partial charge >= 0.3 is 5.97 Å². The third-order valence-corrected chi connectivity index (χ3v) is 5.75. The molecule has 0 bridgehead atoms. The Kier molecular flexibility index (Phi) is 5.76. The minimum atomic E-state index is -0.654. The van der Waals surface area contributed by atoms with Crippen molar-refractivity contribution in [2.75, 3.05) is 6.61 Å². The van der Waals surface area contributed by atoms with Gasteiger partial charge in [0.15, 0.2) is 6.61 Å². The van der Waals surface area contributed by atoms with Gasteiger partial charge in [0.1, 0.15) is 0 Å². The molecule has 25 heavy (non-hydrogen) atoms. The molecule has 1 aromatic carbocycles. The molecule has 1 heterocycles. The van der Waals surface area contributed by atoms with Crippen molar-refractivity contribution in [2.45, 2.75) is 37.6 Å². The van der Waals surface area contributed by atoms with E-state index in [9.17, 15) is 9.59 Å². The summed E-state index contributed by atoms with van der Waals surface area (Å²) in [6.07, 6.45) is 3.43. The fourth-order valence-electron chi connectivity index (χ4n) is 3.28. The zero-order chi connectivity index (χ0) is 17.7. The van der Waals surface area contributed by atoms with Crippen LogP contribution in [0, 0.1) is 0 Å². The lowest BCUT2D eigenvalue weighted by Crippen LogP contribution is -2.37. The van der Waals surface area contributed by atoms with Gasteiger partial charge in [0.05, 0.1) is 12.0 Å². The number of carbonyl (C=O) groups is 2. The van der Waals surface area contributed by atoms with Crippen LogP contribution in [0.4, 0.5) is 0 Å². The Balaban J connectivity index is 1.59. The number of amides is 1. The Labute approximate surface area is 156 Å². The van der Waals surface area contributed by atoms with Gasteiger partial charge in [0.25, 0.3) is 5.91 Å². The SMILES string of the molecule is O=C(COC(=O)C1(c2ccc(Cl)cc2)CCCC1)NCc1cccs1. The maximum Gasteiger partial charge on any atom is 0.317 e. The van der Waals surface area contributed by atoms with Crippen molar-refractivity contribution in [3.63, 3.8) is 0 Å². The summed E-state index contributed by atoms with van der Waals surface area (Å²) in [5.74, 6) is -0.607. The van der Waals surface area contributed by atoms with Crippen LogP contribution in [-0.4, -0.2) is 18.5 Å². The van der Waals surface area contributed by atoms with E-state index in [1.807, 2.05) is 29.6 Å². The minimum absolute atomic E-state index is 0.250. The number of ether oxygens (including phenoxy) is 1. The highest BCUT2D eigenvalue weighted by Crippen LogP contribution is 2.42. The quantitative estimate of drug-likeness (QED) is 0.772. The van der Waals surface area contributed by atoms with Gasteiger partial charge in [-0.3, -0.25) is 9.59 Å². The maximum absolute atomic E-state index is 12.8. The summed E-state index contributed by atoms with van der Waals surface area (Å²) in [6.45, 7) is 0.204. The van der Waals surface area contributed by atoms with Crippen LogP contribution in [0.3, 0.4) is 0 Å². The van der Waals surface area contributed by atoms with Crippen molar-refractivity contribution in [2.24, 2.45) is 0 Å². The summed E-state index contributed by atoms with van der Waals surface area (Å²) in [6, 6.07) is 11.2. The molecule has 1 saturated carbocycles. The Morgan fingerprint density at radius 2 is 1.88 bits per heavy atom. The average Bonchev–Trinajstić information content (AvgIpc) is 3.30. The van der Waals surface area contributed by atoms with Crippen molar-refractivity contribution in [3.05, 3.63) is 57.2 Å². The molecule has 0 spiro atoms. The number of esters is 1. The van der Waals surface area contributed by atoms with Crippen molar-refractivity contribution < 1.29 is 14.3 Å². The molecule has 3 rings (SSSR count). The molecule has 1 aliphatic rings. The van der Waals surface area contributed by atoms with Gasteiger partial charge in [0, 0.05) is 9.90 Å². The molecule has 0 atom stereocenters. The highest BCUT2D eigenvalue weighted by molar-refractivity contribution is 7.09. The molecule has 0 unspecified atom stereocenters. The Morgan fingerprint density at radius 1 is 1.16 bits per heavy atom. The monoisotopic (exact) mass is 377 g/mol.